The fourth-order valence-corrected chi connectivity index (χ4v) is 4.41. The number of carbonyl (C=O) groups excluding carboxylic acids is 2. The van der Waals surface area contributed by atoms with Gasteiger partial charge in [0, 0.05) is 113 Å². The van der Waals surface area contributed by atoms with Crippen molar-refractivity contribution in [3.63, 3.8) is 0 Å². The normalized spacial score (nSPS) is 14.2. The van der Waals surface area contributed by atoms with Crippen LogP contribution in [0.4, 0.5) is 21.0 Å². The minimum Gasteiger partial charge on any atom is -0.453 e. The van der Waals surface area contributed by atoms with Crippen molar-refractivity contribution in [1.82, 2.24) is 19.6 Å². The highest BCUT2D eigenvalue weighted by Gasteiger charge is 2.22. The molecule has 2 aliphatic rings. The standard InChI is InChI=1S/C13H17N3O4.C13H19N3O2.C4H4.B4/c1-20-13(17)15-7-5-14(6-8-15)10-11-3-2-4-12(9-11)16(18)19;1-18-13(17)16-7-5-15(6-8-16)10-11-3-2-4-12(14)9-11;1-3-4-2;1-4(2)3/h2-4,9H,5-8,10H2,1H3;2-4,9H,5-8,10,14H2,1H3;1-2H2;. The predicted octanol–water partition coefficient (Wildman–Crippen LogP) is 2.22. The second-order valence-corrected chi connectivity index (χ2v) is 10.1. The molecule has 12 nitrogen and oxygen atoms in total. The lowest BCUT2D eigenvalue weighted by molar-refractivity contribution is -0.384. The van der Waals surface area contributed by atoms with E-state index in [9.17, 15) is 19.7 Å². The minimum atomic E-state index is -0.667. The van der Waals surface area contributed by atoms with E-state index in [1.54, 1.807) is 21.9 Å². The van der Waals surface area contributed by atoms with Crippen molar-refractivity contribution in [1.29, 1.82) is 0 Å². The SMILES string of the molecule is C=C=C=C.COC(=O)N1CCN(Cc2cccc(N)c2)CC1.COC(=O)N1CCN(Cc2cccc([N+](=O)[O-])c2)CC1.[B]B([B])[B]. The molecule has 2 saturated heterocycles. The number of piperazine rings is 2. The van der Waals surface area contributed by atoms with Crippen molar-refractivity contribution in [2.24, 2.45) is 0 Å². The zero-order valence-corrected chi connectivity index (χ0v) is 26.7. The summed E-state index contributed by atoms with van der Waals surface area (Å²) in [6.07, 6.45) is -1.21. The Morgan fingerprint density at radius 3 is 1.57 bits per heavy atom. The molecule has 2 aromatic carbocycles. The number of nitrogen functional groups attached to an aromatic ring is 1. The molecule has 2 heterocycles. The monoisotopic (exact) mass is 624 g/mol. The van der Waals surface area contributed by atoms with Gasteiger partial charge in [0.05, 0.1) is 19.1 Å². The predicted molar refractivity (Wildman–Crippen MR) is 184 cm³/mol. The molecular formula is C30H40B4N6O6. The number of methoxy groups -OCH3 is 2. The highest BCUT2D eigenvalue weighted by atomic mass is 16.6. The quantitative estimate of drug-likeness (QED) is 0.175. The number of nitro groups is 1. The number of nitro benzene ring substituents is 1. The van der Waals surface area contributed by atoms with Crippen molar-refractivity contribution in [2.75, 3.05) is 72.3 Å². The molecule has 2 fully saturated rings. The van der Waals surface area contributed by atoms with Crippen molar-refractivity contribution < 1.29 is 24.0 Å². The number of carbonyl (C=O) groups is 2. The zero-order valence-electron chi connectivity index (χ0n) is 26.7. The van der Waals surface area contributed by atoms with Crippen molar-refractivity contribution in [3.8, 4) is 0 Å². The second kappa shape index (κ2) is 22.2. The van der Waals surface area contributed by atoms with Gasteiger partial charge in [-0.3, -0.25) is 19.9 Å². The smallest absolute Gasteiger partial charge is 0.409 e. The minimum absolute atomic E-state index is 0.107. The number of amides is 2. The van der Waals surface area contributed by atoms with Gasteiger partial charge in [0.1, 0.15) is 0 Å². The van der Waals surface area contributed by atoms with Crippen LogP contribution >= 0.6 is 0 Å². The first-order valence-corrected chi connectivity index (χ1v) is 14.4. The lowest BCUT2D eigenvalue weighted by Gasteiger charge is -2.33. The van der Waals surface area contributed by atoms with Gasteiger partial charge in [0.15, 0.2) is 0 Å². The molecule has 0 bridgehead atoms. The fraction of sp³-hybridized carbons (Fsp3) is 0.400. The first-order valence-electron chi connectivity index (χ1n) is 14.4. The molecule has 2 amide bonds. The Labute approximate surface area is 276 Å². The average molecular weight is 624 g/mol. The molecule has 16 heteroatoms. The Morgan fingerprint density at radius 1 is 0.826 bits per heavy atom. The third-order valence-electron chi connectivity index (χ3n) is 6.62. The van der Waals surface area contributed by atoms with Gasteiger partial charge in [-0.1, -0.05) is 35.7 Å². The molecule has 6 radical (unpaired) electrons. The molecule has 2 N–H and O–H groups in total. The van der Waals surface area contributed by atoms with Gasteiger partial charge >= 0.3 is 12.2 Å². The zero-order chi connectivity index (χ0) is 34.5. The number of anilines is 1. The first-order chi connectivity index (χ1) is 21.9. The number of nitrogens with zero attached hydrogens (tertiary/aromatic N) is 5. The van der Waals surface area contributed by atoms with Crippen LogP contribution in [0.2, 0.25) is 0 Å². The van der Waals surface area contributed by atoms with Crippen molar-refractivity contribution in [2.45, 2.75) is 13.1 Å². The molecule has 46 heavy (non-hydrogen) atoms. The van der Waals surface area contributed by atoms with Crippen LogP contribution in [0.5, 0.6) is 0 Å². The topological polar surface area (TPSA) is 135 Å². The van der Waals surface area contributed by atoms with Crippen LogP contribution in [0, 0.1) is 10.1 Å². The Bertz CT molecular complexity index is 1300. The van der Waals surface area contributed by atoms with Crippen LogP contribution in [0.15, 0.2) is 73.2 Å². The van der Waals surface area contributed by atoms with Gasteiger partial charge in [-0.15, -0.1) is 0 Å². The van der Waals surface area contributed by atoms with Crippen LogP contribution in [0.1, 0.15) is 11.1 Å². The summed E-state index contributed by atoms with van der Waals surface area (Å²) < 4.78 is 9.39. The number of non-ortho nitro benzene ring substituents is 1. The molecule has 0 spiro atoms. The number of ether oxygens (including phenoxy) is 2. The first kappa shape index (κ1) is 39.7. The summed E-state index contributed by atoms with van der Waals surface area (Å²) in [6.45, 7) is 13.7. The maximum absolute atomic E-state index is 11.4. The lowest BCUT2D eigenvalue weighted by Crippen LogP contribution is -2.48. The summed E-state index contributed by atoms with van der Waals surface area (Å²) in [5, 5.41) is 10.7. The third kappa shape index (κ3) is 16.1. The molecule has 0 unspecified atom stereocenters. The van der Waals surface area contributed by atoms with Gasteiger partial charge < -0.3 is 25.0 Å². The molecule has 4 rings (SSSR count). The van der Waals surface area contributed by atoms with E-state index in [4.69, 9.17) is 10.5 Å². The van der Waals surface area contributed by atoms with Gasteiger partial charge in [-0.2, -0.15) is 0 Å². The molecule has 2 aromatic rings. The van der Waals surface area contributed by atoms with Crippen LogP contribution in [0.25, 0.3) is 0 Å². The van der Waals surface area contributed by atoms with Crippen LogP contribution in [-0.4, -0.2) is 133 Å². The summed E-state index contributed by atoms with van der Waals surface area (Å²) in [5.74, 6) is 0. The fourth-order valence-electron chi connectivity index (χ4n) is 4.41. The van der Waals surface area contributed by atoms with E-state index in [1.165, 1.54) is 25.8 Å². The number of rotatable bonds is 5. The Morgan fingerprint density at radius 2 is 1.22 bits per heavy atom. The highest BCUT2D eigenvalue weighted by Crippen LogP contribution is 2.16. The summed E-state index contributed by atoms with van der Waals surface area (Å²) >= 11 is 0. The number of benzene rings is 2. The second-order valence-electron chi connectivity index (χ2n) is 10.1. The van der Waals surface area contributed by atoms with Crippen LogP contribution in [-0.2, 0) is 22.6 Å². The van der Waals surface area contributed by atoms with E-state index in [1.807, 2.05) is 24.3 Å². The van der Waals surface area contributed by atoms with Gasteiger partial charge in [-0.25, -0.2) is 9.59 Å². The van der Waals surface area contributed by atoms with E-state index in [0.29, 0.717) is 19.6 Å². The van der Waals surface area contributed by atoms with Crippen LogP contribution < -0.4 is 5.73 Å². The van der Waals surface area contributed by atoms with E-state index < -0.39 is 11.3 Å². The van der Waals surface area contributed by atoms with Crippen molar-refractivity contribution >= 4 is 53.2 Å². The summed E-state index contributed by atoms with van der Waals surface area (Å²) in [4.78, 5) is 40.9. The third-order valence-corrected chi connectivity index (χ3v) is 6.62. The maximum Gasteiger partial charge on any atom is 0.409 e. The van der Waals surface area contributed by atoms with E-state index in [-0.39, 0.29) is 17.9 Å². The largest absolute Gasteiger partial charge is 0.453 e. The molecule has 0 aromatic heterocycles. The van der Waals surface area contributed by atoms with Crippen LogP contribution in [0.3, 0.4) is 0 Å². The highest BCUT2D eigenvalue weighted by molar-refractivity contribution is 7.49. The molecule has 0 aliphatic carbocycles. The lowest BCUT2D eigenvalue weighted by atomic mass is 9.08. The Kier molecular flexibility index (Phi) is 19.2. The summed E-state index contributed by atoms with van der Waals surface area (Å²) in [7, 11) is 16.8. The molecule has 0 atom stereocenters. The van der Waals surface area contributed by atoms with E-state index in [2.05, 4.69) is 68.4 Å². The van der Waals surface area contributed by atoms with Gasteiger partial charge in [0.25, 0.3) is 5.69 Å². The van der Waals surface area contributed by atoms with Gasteiger partial charge in [0.2, 0.25) is 0 Å². The maximum atomic E-state index is 11.4. The molecule has 0 saturated carbocycles. The number of hydrogen-bond donors (Lipinski definition) is 1. The average Bonchev–Trinajstić information content (AvgIpc) is 3.05. The molecule has 238 valence electrons. The number of nitrogens with two attached hydrogens (primary N) is 1. The van der Waals surface area contributed by atoms with Gasteiger partial charge in [-0.05, 0) is 36.4 Å². The van der Waals surface area contributed by atoms with E-state index >= 15 is 0 Å². The summed E-state index contributed by atoms with van der Waals surface area (Å²) in [5.41, 5.74) is 13.4. The Balaban J connectivity index is 0.000000375. The molecule has 2 aliphatic heterocycles. The van der Waals surface area contributed by atoms with E-state index in [0.717, 1.165) is 57.1 Å². The Hall–Kier alpha value is -4.34. The van der Waals surface area contributed by atoms with Crippen molar-refractivity contribution in [3.05, 3.63) is 94.4 Å². The molecular weight excluding hydrogens is 584 g/mol. The summed E-state index contributed by atoms with van der Waals surface area (Å²) in [6, 6.07) is 14.6. The number of hydrogen-bond acceptors (Lipinski definition) is 9.